The molecule has 68 valence electrons. The van der Waals surface area contributed by atoms with Gasteiger partial charge in [0.05, 0.1) is 11.1 Å². The molecule has 1 fully saturated rings. The van der Waals surface area contributed by atoms with Crippen LogP contribution in [-0.2, 0) is 9.53 Å². The molecule has 0 aromatic heterocycles. The van der Waals surface area contributed by atoms with Crippen molar-refractivity contribution in [2.45, 2.75) is 44.2 Å². The van der Waals surface area contributed by atoms with Crippen molar-refractivity contribution in [3.05, 3.63) is 0 Å². The lowest BCUT2D eigenvalue weighted by Gasteiger charge is -2.25. The second-order valence-electron chi connectivity index (χ2n) is 4.07. The molecule has 1 saturated carbocycles. The average molecular weight is 169 g/mol. The molecule has 0 bridgehead atoms. The van der Waals surface area contributed by atoms with E-state index in [1.54, 1.807) is 13.2 Å². The monoisotopic (exact) mass is 169 g/mol. The van der Waals surface area contributed by atoms with Crippen LogP contribution in [0.4, 0.5) is 0 Å². The molecule has 0 N–H and O–H groups in total. The van der Waals surface area contributed by atoms with Crippen molar-refractivity contribution in [3.8, 4) is 0 Å². The fraction of sp³-hybridized carbons (Fsp3) is 0.889. The minimum absolute atomic E-state index is 0.138. The van der Waals surface area contributed by atoms with Gasteiger partial charge in [-0.25, -0.2) is 4.79 Å². The Balaban J connectivity index is 2.56. The van der Waals surface area contributed by atoms with Gasteiger partial charge in [-0.15, -0.1) is 0 Å². The highest BCUT2D eigenvalue weighted by Gasteiger charge is 2.46. The third-order valence-electron chi connectivity index (χ3n) is 2.42. The van der Waals surface area contributed by atoms with Crippen LogP contribution >= 0.6 is 0 Å². The van der Waals surface area contributed by atoms with E-state index in [4.69, 9.17) is 4.74 Å². The minimum atomic E-state index is -0.184. The van der Waals surface area contributed by atoms with Crippen molar-refractivity contribution in [1.82, 2.24) is 0 Å². The number of ether oxygens (including phenoxy) is 1. The lowest BCUT2D eigenvalue weighted by molar-refractivity contribution is 0.00807. The van der Waals surface area contributed by atoms with Gasteiger partial charge in [-0.1, -0.05) is 0 Å². The summed E-state index contributed by atoms with van der Waals surface area (Å²) in [6.45, 7) is 4.01. The van der Waals surface area contributed by atoms with Gasteiger partial charge in [-0.05, 0) is 26.7 Å². The van der Waals surface area contributed by atoms with Gasteiger partial charge < -0.3 is 4.74 Å². The Morgan fingerprint density at radius 3 is 2.50 bits per heavy atom. The maximum absolute atomic E-state index is 10.1. The molecule has 0 aromatic rings. The summed E-state index contributed by atoms with van der Waals surface area (Å²) in [4.78, 5) is 13.9. The average Bonchev–Trinajstić information content (AvgIpc) is 2.69. The van der Waals surface area contributed by atoms with Gasteiger partial charge in [0.25, 0.3) is 0 Å². The van der Waals surface area contributed by atoms with Crippen LogP contribution in [0.1, 0.15) is 33.1 Å². The lowest BCUT2D eigenvalue weighted by Crippen LogP contribution is -2.28. The number of hydrogen-bond donors (Lipinski definition) is 0. The van der Waals surface area contributed by atoms with Crippen LogP contribution in [0, 0.1) is 0 Å². The number of methoxy groups -OCH3 is 1. The number of aliphatic imine (C=N–C) groups is 1. The summed E-state index contributed by atoms with van der Waals surface area (Å²) in [6, 6.07) is 0. The Labute approximate surface area is 72.8 Å². The fourth-order valence-corrected chi connectivity index (χ4v) is 1.43. The first-order chi connectivity index (χ1) is 5.54. The largest absolute Gasteiger partial charge is 0.379 e. The zero-order chi connectivity index (χ0) is 9.24. The van der Waals surface area contributed by atoms with E-state index in [1.807, 2.05) is 13.8 Å². The summed E-state index contributed by atoms with van der Waals surface area (Å²) in [7, 11) is 1.68. The molecule has 0 heterocycles. The van der Waals surface area contributed by atoms with Gasteiger partial charge in [0.2, 0.25) is 6.08 Å². The Hall–Kier alpha value is -0.660. The summed E-state index contributed by atoms with van der Waals surface area (Å²) >= 11 is 0. The molecule has 0 aliphatic heterocycles. The van der Waals surface area contributed by atoms with Gasteiger partial charge in [0, 0.05) is 13.5 Å². The quantitative estimate of drug-likeness (QED) is 0.474. The smallest absolute Gasteiger partial charge is 0.235 e. The van der Waals surface area contributed by atoms with E-state index in [9.17, 15) is 4.79 Å². The molecule has 0 aromatic carbocycles. The molecule has 1 rings (SSSR count). The third-order valence-corrected chi connectivity index (χ3v) is 2.42. The first-order valence-corrected chi connectivity index (χ1v) is 4.18. The number of isocyanates is 1. The zero-order valence-corrected chi connectivity index (χ0v) is 7.89. The summed E-state index contributed by atoms with van der Waals surface area (Å²) in [5.74, 6) is 0. The minimum Gasteiger partial charge on any atom is -0.379 e. The van der Waals surface area contributed by atoms with Crippen LogP contribution < -0.4 is 0 Å². The van der Waals surface area contributed by atoms with Gasteiger partial charge in [-0.2, -0.15) is 4.99 Å². The number of nitrogens with zero attached hydrogens (tertiary/aromatic N) is 1. The standard InChI is InChI=1S/C9H15NO2/c1-8(2,12-3)6-9(4-5-9)10-7-11/h4-6H2,1-3H3. The van der Waals surface area contributed by atoms with Crippen LogP contribution in [0.2, 0.25) is 0 Å². The van der Waals surface area contributed by atoms with Gasteiger partial charge in [0.1, 0.15) is 0 Å². The maximum atomic E-state index is 10.1. The highest BCUT2D eigenvalue weighted by Crippen LogP contribution is 2.46. The number of rotatable bonds is 4. The lowest BCUT2D eigenvalue weighted by atomic mass is 9.97. The normalized spacial score (nSPS) is 19.9. The van der Waals surface area contributed by atoms with E-state index < -0.39 is 0 Å². The Morgan fingerprint density at radius 1 is 1.58 bits per heavy atom. The second-order valence-corrected chi connectivity index (χ2v) is 4.07. The summed E-state index contributed by atoms with van der Waals surface area (Å²) in [6.07, 6.45) is 4.44. The van der Waals surface area contributed by atoms with Crippen LogP contribution in [0.5, 0.6) is 0 Å². The molecule has 0 unspecified atom stereocenters. The molecule has 0 saturated heterocycles. The van der Waals surface area contributed by atoms with Crippen molar-refractivity contribution >= 4 is 6.08 Å². The first-order valence-electron chi connectivity index (χ1n) is 4.18. The second kappa shape index (κ2) is 3.00. The molecule has 0 radical (unpaired) electrons. The van der Waals surface area contributed by atoms with Crippen LogP contribution in [0.3, 0.4) is 0 Å². The number of hydrogen-bond acceptors (Lipinski definition) is 3. The van der Waals surface area contributed by atoms with Crippen molar-refractivity contribution in [2.24, 2.45) is 4.99 Å². The predicted octanol–water partition coefficient (Wildman–Crippen LogP) is 1.67. The van der Waals surface area contributed by atoms with Crippen molar-refractivity contribution in [3.63, 3.8) is 0 Å². The highest BCUT2D eigenvalue weighted by atomic mass is 16.5. The Bertz CT molecular complexity index is 213. The molecule has 3 heteroatoms. The molecule has 0 atom stereocenters. The summed E-state index contributed by atoms with van der Waals surface area (Å²) in [5.41, 5.74) is -0.321. The van der Waals surface area contributed by atoms with E-state index in [-0.39, 0.29) is 11.1 Å². The molecule has 1 aliphatic rings. The van der Waals surface area contributed by atoms with E-state index in [2.05, 4.69) is 4.99 Å². The first kappa shape index (κ1) is 9.43. The predicted molar refractivity (Wildman–Crippen MR) is 45.8 cm³/mol. The van der Waals surface area contributed by atoms with E-state index in [0.717, 1.165) is 19.3 Å². The highest BCUT2D eigenvalue weighted by molar-refractivity contribution is 5.36. The fourth-order valence-electron chi connectivity index (χ4n) is 1.43. The Morgan fingerprint density at radius 2 is 2.17 bits per heavy atom. The zero-order valence-electron chi connectivity index (χ0n) is 7.89. The maximum Gasteiger partial charge on any atom is 0.235 e. The van der Waals surface area contributed by atoms with Crippen molar-refractivity contribution in [1.29, 1.82) is 0 Å². The van der Waals surface area contributed by atoms with Crippen molar-refractivity contribution < 1.29 is 9.53 Å². The summed E-state index contributed by atoms with van der Waals surface area (Å²) < 4.78 is 5.27. The third kappa shape index (κ3) is 2.16. The molecule has 1 aliphatic carbocycles. The van der Waals surface area contributed by atoms with Gasteiger partial charge in [0.15, 0.2) is 0 Å². The van der Waals surface area contributed by atoms with Crippen molar-refractivity contribution in [2.75, 3.05) is 7.11 Å². The molecule has 0 amide bonds. The topological polar surface area (TPSA) is 38.7 Å². The van der Waals surface area contributed by atoms with E-state index in [1.165, 1.54) is 0 Å². The van der Waals surface area contributed by atoms with Gasteiger partial charge >= 0.3 is 0 Å². The molecular formula is C9H15NO2. The van der Waals surface area contributed by atoms with Crippen LogP contribution in [0.15, 0.2) is 4.99 Å². The molecule has 0 spiro atoms. The molecular weight excluding hydrogens is 154 g/mol. The number of carbonyl (C=O) groups excluding carboxylic acids is 1. The van der Waals surface area contributed by atoms with Crippen LogP contribution in [-0.4, -0.2) is 24.3 Å². The van der Waals surface area contributed by atoms with E-state index >= 15 is 0 Å². The Kier molecular flexibility index (Phi) is 2.36. The summed E-state index contributed by atoms with van der Waals surface area (Å²) in [5, 5.41) is 0. The van der Waals surface area contributed by atoms with Gasteiger partial charge in [-0.3, -0.25) is 0 Å². The molecule has 12 heavy (non-hydrogen) atoms. The SMILES string of the molecule is COC(C)(C)CC1(N=C=O)CC1. The van der Waals surface area contributed by atoms with E-state index in [0.29, 0.717) is 0 Å². The molecule has 3 nitrogen and oxygen atoms in total. The van der Waals surface area contributed by atoms with Crippen LogP contribution in [0.25, 0.3) is 0 Å².